The predicted octanol–water partition coefficient (Wildman–Crippen LogP) is 4.24. The Balaban J connectivity index is 2.20. The van der Waals surface area contributed by atoms with Crippen LogP contribution in [0.15, 0.2) is 50.9 Å². The van der Waals surface area contributed by atoms with E-state index in [0.717, 1.165) is 26.5 Å². The molecule has 0 aliphatic carbocycles. The molecule has 1 aromatic heterocycles. The number of hydrogen-bond donors (Lipinski definition) is 1. The number of halogens is 2. The summed E-state index contributed by atoms with van der Waals surface area (Å²) in [5.74, 6) is -0.218. The molecule has 0 saturated carbocycles. The first-order valence-electron chi connectivity index (χ1n) is 5.97. The van der Waals surface area contributed by atoms with Gasteiger partial charge in [0.1, 0.15) is 10.8 Å². The maximum atomic E-state index is 13.6. The lowest BCUT2D eigenvalue weighted by molar-refractivity contribution is 0.617. The van der Waals surface area contributed by atoms with Gasteiger partial charge in [-0.15, -0.1) is 0 Å². The molecule has 0 spiro atoms. The van der Waals surface area contributed by atoms with Crippen LogP contribution in [0.25, 0.3) is 0 Å². The summed E-state index contributed by atoms with van der Waals surface area (Å²) in [6, 6.07) is 8.85. The quantitative estimate of drug-likeness (QED) is 0.880. The number of benzene rings is 1. The molecular weight excluding hydrogens is 327 g/mol. The molecule has 0 unspecified atom stereocenters. The second-order valence-corrected chi connectivity index (χ2v) is 5.88. The van der Waals surface area contributed by atoms with Gasteiger partial charge >= 0.3 is 0 Å². The molecule has 0 fully saturated rings. The highest BCUT2D eigenvalue weighted by Gasteiger charge is 2.06. The Morgan fingerprint density at radius 1 is 1.37 bits per heavy atom. The van der Waals surface area contributed by atoms with E-state index >= 15 is 0 Å². The molecule has 0 aliphatic rings. The number of hydrogen-bond acceptors (Lipinski definition) is 3. The fraction of sp³-hybridized carbons (Fsp3) is 0.214. The first kappa shape index (κ1) is 14.5. The third-order valence-corrected chi connectivity index (χ3v) is 4.34. The number of nitrogens with one attached hydrogen (secondary N) is 1. The van der Waals surface area contributed by atoms with Gasteiger partial charge in [-0.3, -0.25) is 0 Å². The number of aromatic nitrogens is 1. The van der Waals surface area contributed by atoms with Crippen molar-refractivity contribution in [1.82, 2.24) is 10.3 Å². The minimum Gasteiger partial charge on any atom is -0.313 e. The Bertz CT molecular complexity index is 563. The molecule has 0 radical (unpaired) electrons. The Morgan fingerprint density at radius 3 is 2.95 bits per heavy atom. The summed E-state index contributed by atoms with van der Waals surface area (Å²) in [6.07, 6.45) is 1.73. The van der Waals surface area contributed by atoms with Gasteiger partial charge in [-0.1, -0.05) is 18.7 Å². The smallest absolute Gasteiger partial charge is 0.124 e. The molecular formula is C14H14BrFN2S. The molecule has 0 amide bonds. The Hall–Kier alpha value is -0.910. The van der Waals surface area contributed by atoms with Crippen molar-refractivity contribution in [3.8, 4) is 0 Å². The second kappa shape index (κ2) is 7.03. The fourth-order valence-corrected chi connectivity index (χ4v) is 2.99. The maximum Gasteiger partial charge on any atom is 0.124 e. The standard InChI is InChI=1S/C14H14BrFN2S/c1-2-17-9-10-6-11(16)8-12(7-10)19-14-13(15)4-3-5-18-14/h3-8,17H,2,9H2,1H3. The van der Waals surface area contributed by atoms with Gasteiger partial charge in [0.15, 0.2) is 0 Å². The molecule has 100 valence electrons. The summed E-state index contributed by atoms with van der Waals surface area (Å²) in [5, 5.41) is 4.03. The highest BCUT2D eigenvalue weighted by Crippen LogP contribution is 2.32. The van der Waals surface area contributed by atoms with Crippen molar-refractivity contribution in [3.05, 3.63) is 52.4 Å². The lowest BCUT2D eigenvalue weighted by atomic mass is 10.2. The minimum atomic E-state index is -0.218. The van der Waals surface area contributed by atoms with Crippen LogP contribution in [0.5, 0.6) is 0 Å². The number of pyridine rings is 1. The molecule has 0 saturated heterocycles. The van der Waals surface area contributed by atoms with E-state index in [4.69, 9.17) is 0 Å². The van der Waals surface area contributed by atoms with E-state index in [-0.39, 0.29) is 5.82 Å². The van der Waals surface area contributed by atoms with Crippen LogP contribution in [0, 0.1) is 5.82 Å². The number of nitrogens with zero attached hydrogens (tertiary/aromatic N) is 1. The SMILES string of the molecule is CCNCc1cc(F)cc(Sc2ncccc2Br)c1. The lowest BCUT2D eigenvalue weighted by Gasteiger charge is -2.07. The topological polar surface area (TPSA) is 24.9 Å². The lowest BCUT2D eigenvalue weighted by Crippen LogP contribution is -2.11. The average Bonchev–Trinajstić information content (AvgIpc) is 2.38. The van der Waals surface area contributed by atoms with Crippen molar-refractivity contribution in [3.63, 3.8) is 0 Å². The Kier molecular flexibility index (Phi) is 5.36. The van der Waals surface area contributed by atoms with E-state index in [0.29, 0.717) is 6.54 Å². The normalized spacial score (nSPS) is 10.7. The van der Waals surface area contributed by atoms with Crippen molar-refractivity contribution < 1.29 is 4.39 Å². The van der Waals surface area contributed by atoms with Crippen molar-refractivity contribution in [2.75, 3.05) is 6.54 Å². The van der Waals surface area contributed by atoms with Gasteiger partial charge in [0.2, 0.25) is 0 Å². The fourth-order valence-electron chi connectivity index (χ4n) is 1.61. The summed E-state index contributed by atoms with van der Waals surface area (Å²) in [5.41, 5.74) is 0.941. The van der Waals surface area contributed by atoms with Gasteiger partial charge in [-0.05, 0) is 58.4 Å². The second-order valence-electron chi connectivity index (χ2n) is 3.97. The Labute approximate surface area is 125 Å². The van der Waals surface area contributed by atoms with E-state index in [9.17, 15) is 4.39 Å². The maximum absolute atomic E-state index is 13.6. The van der Waals surface area contributed by atoms with E-state index < -0.39 is 0 Å². The zero-order valence-corrected chi connectivity index (χ0v) is 12.9. The molecule has 19 heavy (non-hydrogen) atoms. The molecule has 2 aromatic rings. The van der Waals surface area contributed by atoms with Crippen LogP contribution < -0.4 is 5.32 Å². The number of rotatable bonds is 5. The molecule has 0 bridgehead atoms. The monoisotopic (exact) mass is 340 g/mol. The first-order valence-corrected chi connectivity index (χ1v) is 7.58. The summed E-state index contributed by atoms with van der Waals surface area (Å²) in [6.45, 7) is 3.57. The van der Waals surface area contributed by atoms with Crippen LogP contribution in [0.3, 0.4) is 0 Å². The van der Waals surface area contributed by atoms with Crippen molar-refractivity contribution in [1.29, 1.82) is 0 Å². The van der Waals surface area contributed by atoms with E-state index in [1.807, 2.05) is 25.1 Å². The first-order chi connectivity index (χ1) is 9.19. The zero-order valence-electron chi connectivity index (χ0n) is 10.5. The van der Waals surface area contributed by atoms with Crippen LogP contribution in [0.4, 0.5) is 4.39 Å². The largest absolute Gasteiger partial charge is 0.313 e. The molecule has 1 aromatic carbocycles. The summed E-state index contributed by atoms with van der Waals surface area (Å²) in [7, 11) is 0. The molecule has 0 aliphatic heterocycles. The molecule has 0 atom stereocenters. The van der Waals surface area contributed by atoms with Crippen LogP contribution in [-0.4, -0.2) is 11.5 Å². The molecule has 1 N–H and O–H groups in total. The zero-order chi connectivity index (χ0) is 13.7. The minimum absolute atomic E-state index is 0.218. The van der Waals surface area contributed by atoms with Gasteiger partial charge in [-0.2, -0.15) is 0 Å². The van der Waals surface area contributed by atoms with Crippen molar-refractivity contribution >= 4 is 27.7 Å². The van der Waals surface area contributed by atoms with Crippen LogP contribution in [0.2, 0.25) is 0 Å². The van der Waals surface area contributed by atoms with Crippen molar-refractivity contribution in [2.24, 2.45) is 0 Å². The summed E-state index contributed by atoms with van der Waals surface area (Å²) >= 11 is 4.89. The van der Waals surface area contributed by atoms with Crippen LogP contribution in [0.1, 0.15) is 12.5 Å². The van der Waals surface area contributed by atoms with E-state index in [2.05, 4.69) is 26.2 Å². The average molecular weight is 341 g/mol. The molecule has 1 heterocycles. The molecule has 5 heteroatoms. The third-order valence-electron chi connectivity index (χ3n) is 2.45. The molecule has 2 nitrogen and oxygen atoms in total. The Morgan fingerprint density at radius 2 is 2.21 bits per heavy atom. The summed E-state index contributed by atoms with van der Waals surface area (Å²) in [4.78, 5) is 5.13. The van der Waals surface area contributed by atoms with Crippen molar-refractivity contribution in [2.45, 2.75) is 23.4 Å². The highest BCUT2D eigenvalue weighted by atomic mass is 79.9. The van der Waals surface area contributed by atoms with E-state index in [1.54, 1.807) is 12.3 Å². The predicted molar refractivity (Wildman–Crippen MR) is 79.8 cm³/mol. The summed E-state index contributed by atoms with van der Waals surface area (Å²) < 4.78 is 14.5. The van der Waals surface area contributed by atoms with Crippen LogP contribution in [-0.2, 0) is 6.54 Å². The third kappa shape index (κ3) is 4.30. The van der Waals surface area contributed by atoms with Crippen LogP contribution >= 0.6 is 27.7 Å². The molecule has 2 rings (SSSR count). The highest BCUT2D eigenvalue weighted by molar-refractivity contribution is 9.10. The van der Waals surface area contributed by atoms with Gasteiger partial charge in [0, 0.05) is 17.6 Å². The van der Waals surface area contributed by atoms with Gasteiger partial charge < -0.3 is 5.32 Å². The van der Waals surface area contributed by atoms with Gasteiger partial charge in [0.25, 0.3) is 0 Å². The van der Waals surface area contributed by atoms with Gasteiger partial charge in [0.05, 0.1) is 4.47 Å². The van der Waals surface area contributed by atoms with E-state index in [1.165, 1.54) is 17.8 Å². The van der Waals surface area contributed by atoms with Gasteiger partial charge in [-0.25, -0.2) is 9.37 Å².